The van der Waals surface area contributed by atoms with E-state index >= 15 is 0 Å². The monoisotopic (exact) mass is 233 g/mol. The van der Waals surface area contributed by atoms with E-state index in [1.165, 1.54) is 6.07 Å². The van der Waals surface area contributed by atoms with Crippen LogP contribution in [0.25, 0.3) is 11.4 Å². The SMILES string of the molecule is NC1(c2nc(-c3ccccc3F)no2)CCC1. The molecule has 0 amide bonds. The van der Waals surface area contributed by atoms with Crippen molar-refractivity contribution < 1.29 is 8.91 Å². The first-order valence-corrected chi connectivity index (χ1v) is 5.57. The number of benzene rings is 1. The van der Waals surface area contributed by atoms with Gasteiger partial charge in [-0.2, -0.15) is 4.98 Å². The fourth-order valence-corrected chi connectivity index (χ4v) is 1.95. The molecule has 4 nitrogen and oxygen atoms in total. The standard InChI is InChI=1S/C12H12FN3O/c13-9-5-2-1-4-8(9)10-15-11(17-16-10)12(14)6-3-7-12/h1-2,4-5H,3,6-7,14H2. The van der Waals surface area contributed by atoms with Crippen molar-refractivity contribution in [2.24, 2.45) is 5.73 Å². The van der Waals surface area contributed by atoms with E-state index in [-0.39, 0.29) is 11.6 Å². The topological polar surface area (TPSA) is 64.9 Å². The van der Waals surface area contributed by atoms with Gasteiger partial charge in [0.15, 0.2) is 0 Å². The minimum Gasteiger partial charge on any atom is -0.337 e. The second kappa shape index (κ2) is 3.63. The maximum absolute atomic E-state index is 13.5. The van der Waals surface area contributed by atoms with E-state index < -0.39 is 5.54 Å². The lowest BCUT2D eigenvalue weighted by Gasteiger charge is -2.33. The number of aromatic nitrogens is 2. The Kier molecular flexibility index (Phi) is 2.22. The van der Waals surface area contributed by atoms with Crippen LogP contribution < -0.4 is 5.73 Å². The fraction of sp³-hybridized carbons (Fsp3) is 0.333. The van der Waals surface area contributed by atoms with Crippen molar-refractivity contribution in [1.29, 1.82) is 0 Å². The molecule has 1 aromatic heterocycles. The van der Waals surface area contributed by atoms with Gasteiger partial charge in [-0.3, -0.25) is 0 Å². The van der Waals surface area contributed by atoms with E-state index in [2.05, 4.69) is 10.1 Å². The maximum atomic E-state index is 13.5. The number of hydrogen-bond donors (Lipinski definition) is 1. The third kappa shape index (κ3) is 1.63. The summed E-state index contributed by atoms with van der Waals surface area (Å²) in [5.74, 6) is 0.302. The Hall–Kier alpha value is -1.75. The van der Waals surface area contributed by atoms with Crippen LogP contribution in [0.1, 0.15) is 25.2 Å². The van der Waals surface area contributed by atoms with Gasteiger partial charge in [0.25, 0.3) is 0 Å². The van der Waals surface area contributed by atoms with Gasteiger partial charge in [0.2, 0.25) is 11.7 Å². The predicted molar refractivity (Wildman–Crippen MR) is 59.4 cm³/mol. The molecule has 1 fully saturated rings. The highest BCUT2D eigenvalue weighted by molar-refractivity contribution is 5.54. The first kappa shape index (κ1) is 10.4. The molecule has 0 bridgehead atoms. The van der Waals surface area contributed by atoms with Crippen molar-refractivity contribution in [3.63, 3.8) is 0 Å². The van der Waals surface area contributed by atoms with Crippen LogP contribution in [0.15, 0.2) is 28.8 Å². The molecule has 1 aliphatic rings. The van der Waals surface area contributed by atoms with Crippen molar-refractivity contribution >= 4 is 0 Å². The lowest BCUT2D eigenvalue weighted by Crippen LogP contribution is -2.43. The van der Waals surface area contributed by atoms with Crippen LogP contribution in [0.4, 0.5) is 4.39 Å². The highest BCUT2D eigenvalue weighted by atomic mass is 19.1. The molecule has 3 rings (SSSR count). The average molecular weight is 233 g/mol. The van der Waals surface area contributed by atoms with Crippen LogP contribution in [-0.2, 0) is 5.54 Å². The molecule has 1 saturated carbocycles. The summed E-state index contributed by atoms with van der Waals surface area (Å²) in [5, 5.41) is 3.79. The summed E-state index contributed by atoms with van der Waals surface area (Å²) in [6, 6.07) is 6.34. The van der Waals surface area contributed by atoms with Crippen LogP contribution in [0, 0.1) is 5.82 Å². The zero-order valence-corrected chi connectivity index (χ0v) is 9.19. The lowest BCUT2D eigenvalue weighted by molar-refractivity contribution is 0.181. The molecule has 88 valence electrons. The van der Waals surface area contributed by atoms with E-state index in [1.807, 2.05) is 0 Å². The Labute approximate surface area is 97.6 Å². The number of nitrogens with two attached hydrogens (primary N) is 1. The molecule has 5 heteroatoms. The molecule has 0 atom stereocenters. The van der Waals surface area contributed by atoms with E-state index in [0.29, 0.717) is 11.5 Å². The molecule has 17 heavy (non-hydrogen) atoms. The van der Waals surface area contributed by atoms with Crippen molar-refractivity contribution in [3.05, 3.63) is 36.0 Å². The summed E-state index contributed by atoms with van der Waals surface area (Å²) in [4.78, 5) is 4.19. The molecule has 0 aliphatic heterocycles. The summed E-state index contributed by atoms with van der Waals surface area (Å²) in [6.45, 7) is 0. The molecule has 0 saturated heterocycles. The van der Waals surface area contributed by atoms with Gasteiger partial charge in [0.1, 0.15) is 5.82 Å². The smallest absolute Gasteiger partial charge is 0.247 e. The largest absolute Gasteiger partial charge is 0.337 e. The van der Waals surface area contributed by atoms with Crippen LogP contribution in [0.2, 0.25) is 0 Å². The molecule has 1 aromatic carbocycles. The Balaban J connectivity index is 1.98. The predicted octanol–water partition coefficient (Wildman–Crippen LogP) is 2.21. The lowest BCUT2D eigenvalue weighted by atomic mass is 9.78. The van der Waals surface area contributed by atoms with E-state index in [9.17, 15) is 4.39 Å². The molecule has 0 unspecified atom stereocenters. The summed E-state index contributed by atoms with van der Waals surface area (Å²) < 4.78 is 18.7. The van der Waals surface area contributed by atoms with Gasteiger partial charge in [-0.25, -0.2) is 4.39 Å². The third-order valence-corrected chi connectivity index (χ3v) is 3.21. The minimum absolute atomic E-state index is 0.259. The molecular weight excluding hydrogens is 221 g/mol. The Bertz CT molecular complexity index is 548. The number of hydrogen-bond acceptors (Lipinski definition) is 4. The third-order valence-electron chi connectivity index (χ3n) is 3.21. The van der Waals surface area contributed by atoms with Crippen LogP contribution in [-0.4, -0.2) is 10.1 Å². The van der Waals surface area contributed by atoms with Crippen molar-refractivity contribution in [1.82, 2.24) is 10.1 Å². The van der Waals surface area contributed by atoms with Gasteiger partial charge in [-0.1, -0.05) is 17.3 Å². The highest BCUT2D eigenvalue weighted by Gasteiger charge is 2.40. The zero-order valence-electron chi connectivity index (χ0n) is 9.19. The van der Waals surface area contributed by atoms with Crippen molar-refractivity contribution in [3.8, 4) is 11.4 Å². The van der Waals surface area contributed by atoms with Crippen LogP contribution in [0.3, 0.4) is 0 Å². The average Bonchev–Trinajstić information content (AvgIpc) is 2.76. The zero-order chi connectivity index (χ0) is 11.9. The highest BCUT2D eigenvalue weighted by Crippen LogP contribution is 2.38. The van der Waals surface area contributed by atoms with Gasteiger partial charge in [0, 0.05) is 0 Å². The number of rotatable bonds is 2. The Morgan fingerprint density at radius 3 is 2.71 bits per heavy atom. The quantitative estimate of drug-likeness (QED) is 0.863. The van der Waals surface area contributed by atoms with Gasteiger partial charge in [0.05, 0.1) is 11.1 Å². The normalized spacial score (nSPS) is 17.8. The summed E-state index contributed by atoms with van der Waals surface area (Å²) in [7, 11) is 0. The molecule has 2 N–H and O–H groups in total. The van der Waals surface area contributed by atoms with Gasteiger partial charge in [-0.15, -0.1) is 0 Å². The summed E-state index contributed by atoms with van der Waals surface area (Å²) >= 11 is 0. The van der Waals surface area contributed by atoms with Crippen LogP contribution in [0.5, 0.6) is 0 Å². The number of halogens is 1. The second-order valence-electron chi connectivity index (χ2n) is 4.41. The molecular formula is C12H12FN3O. The van der Waals surface area contributed by atoms with Gasteiger partial charge < -0.3 is 10.3 Å². The first-order valence-electron chi connectivity index (χ1n) is 5.57. The van der Waals surface area contributed by atoms with Crippen molar-refractivity contribution in [2.45, 2.75) is 24.8 Å². The summed E-state index contributed by atoms with van der Waals surface area (Å²) in [6.07, 6.45) is 2.74. The molecule has 0 spiro atoms. The van der Waals surface area contributed by atoms with Gasteiger partial charge in [-0.05, 0) is 31.4 Å². The summed E-state index contributed by atoms with van der Waals surface area (Å²) in [5.41, 5.74) is 5.90. The van der Waals surface area contributed by atoms with E-state index in [1.54, 1.807) is 18.2 Å². The first-order chi connectivity index (χ1) is 8.19. The Morgan fingerprint density at radius 2 is 2.06 bits per heavy atom. The fourth-order valence-electron chi connectivity index (χ4n) is 1.95. The molecule has 0 radical (unpaired) electrons. The second-order valence-corrected chi connectivity index (χ2v) is 4.41. The van der Waals surface area contributed by atoms with Gasteiger partial charge >= 0.3 is 0 Å². The minimum atomic E-state index is -0.503. The van der Waals surface area contributed by atoms with E-state index in [4.69, 9.17) is 10.3 Å². The van der Waals surface area contributed by atoms with E-state index in [0.717, 1.165) is 19.3 Å². The van der Waals surface area contributed by atoms with Crippen molar-refractivity contribution in [2.75, 3.05) is 0 Å². The molecule has 2 aromatic rings. The maximum Gasteiger partial charge on any atom is 0.247 e. The molecule has 1 heterocycles. The number of nitrogens with zero attached hydrogens (tertiary/aromatic N) is 2. The molecule has 1 aliphatic carbocycles. The van der Waals surface area contributed by atoms with Crippen LogP contribution >= 0.6 is 0 Å². The Morgan fingerprint density at radius 1 is 1.29 bits per heavy atom.